The van der Waals surface area contributed by atoms with Gasteiger partial charge in [0, 0.05) is 39.1 Å². The lowest BCUT2D eigenvalue weighted by Gasteiger charge is -2.08. The van der Waals surface area contributed by atoms with Crippen LogP contribution in [-0.2, 0) is 6.42 Å². The van der Waals surface area contributed by atoms with Gasteiger partial charge in [-0.3, -0.25) is 0 Å². The van der Waals surface area contributed by atoms with Crippen LogP contribution in [0.3, 0.4) is 0 Å². The third-order valence-corrected chi connectivity index (χ3v) is 5.49. The van der Waals surface area contributed by atoms with E-state index in [9.17, 15) is 0 Å². The third-order valence-electron chi connectivity index (χ3n) is 4.41. The van der Waals surface area contributed by atoms with Gasteiger partial charge in [-0.2, -0.15) is 0 Å². The Balaban J connectivity index is 1.82. The molecule has 1 heterocycles. The molecule has 4 aromatic rings. The van der Waals surface area contributed by atoms with Crippen LogP contribution in [0.25, 0.3) is 16.9 Å². The topological polar surface area (TPSA) is 43.8 Å². The zero-order chi connectivity index (χ0) is 19.7. The summed E-state index contributed by atoms with van der Waals surface area (Å²) in [5, 5.41) is 1.17. The Hall–Kier alpha value is -2.27. The monoisotopic (exact) mass is 471 g/mol. The molecule has 0 amide bonds. The van der Waals surface area contributed by atoms with Crippen molar-refractivity contribution in [2.24, 2.45) is 0 Å². The van der Waals surface area contributed by atoms with E-state index >= 15 is 0 Å². The second-order valence-electron chi connectivity index (χ2n) is 6.43. The average molecular weight is 473 g/mol. The van der Waals surface area contributed by atoms with E-state index in [1.165, 1.54) is 0 Å². The Morgan fingerprint density at radius 1 is 0.964 bits per heavy atom. The number of benzene rings is 3. The van der Waals surface area contributed by atoms with Gasteiger partial charge in [0.1, 0.15) is 5.82 Å². The summed E-state index contributed by atoms with van der Waals surface area (Å²) in [6.45, 7) is 0. The first-order valence-electron chi connectivity index (χ1n) is 8.63. The van der Waals surface area contributed by atoms with E-state index in [1.54, 1.807) is 6.07 Å². The average Bonchev–Trinajstić information content (AvgIpc) is 3.07. The highest BCUT2D eigenvalue weighted by molar-refractivity contribution is 9.10. The second-order valence-corrected chi connectivity index (χ2v) is 8.19. The van der Waals surface area contributed by atoms with Gasteiger partial charge in [-0.1, -0.05) is 57.3 Å². The van der Waals surface area contributed by atoms with Crippen LogP contribution in [0, 0.1) is 0 Å². The molecule has 2 N–H and O–H groups in total. The fraction of sp³-hybridized carbons (Fsp3) is 0.0455. The predicted molar refractivity (Wildman–Crippen MR) is 120 cm³/mol. The smallest absolute Gasteiger partial charge is 0.118 e. The van der Waals surface area contributed by atoms with Crippen LogP contribution in [0.4, 0.5) is 5.69 Å². The molecule has 0 saturated carbocycles. The van der Waals surface area contributed by atoms with E-state index in [0.717, 1.165) is 32.8 Å². The number of anilines is 1. The lowest BCUT2D eigenvalue weighted by atomic mass is 10.1. The van der Waals surface area contributed by atoms with Gasteiger partial charge >= 0.3 is 0 Å². The van der Waals surface area contributed by atoms with Gasteiger partial charge in [-0.15, -0.1) is 0 Å². The van der Waals surface area contributed by atoms with E-state index in [1.807, 2.05) is 54.7 Å². The van der Waals surface area contributed by atoms with Crippen LogP contribution in [0.1, 0.15) is 11.4 Å². The van der Waals surface area contributed by atoms with Gasteiger partial charge in [-0.05, 0) is 54.1 Å². The summed E-state index contributed by atoms with van der Waals surface area (Å²) in [5.74, 6) is 0.897. The summed E-state index contributed by atoms with van der Waals surface area (Å²) >= 11 is 15.9. The largest absolute Gasteiger partial charge is 0.399 e. The molecule has 0 aliphatic carbocycles. The quantitative estimate of drug-likeness (QED) is 0.332. The summed E-state index contributed by atoms with van der Waals surface area (Å²) < 4.78 is 3.10. The fourth-order valence-electron chi connectivity index (χ4n) is 3.05. The molecule has 0 radical (unpaired) electrons. The van der Waals surface area contributed by atoms with Crippen LogP contribution >= 0.6 is 39.1 Å². The van der Waals surface area contributed by atoms with Crippen LogP contribution in [0.15, 0.2) is 77.4 Å². The van der Waals surface area contributed by atoms with Gasteiger partial charge in [0.25, 0.3) is 0 Å². The van der Waals surface area contributed by atoms with Crippen LogP contribution < -0.4 is 5.73 Å². The van der Waals surface area contributed by atoms with Crippen molar-refractivity contribution in [3.8, 4) is 16.9 Å². The highest BCUT2D eigenvalue weighted by atomic mass is 79.9. The Labute approximate surface area is 181 Å². The SMILES string of the molecule is Nc1cccc(-n2cc(-c3ccc(Cl)cc3Cl)nc2Cc2ccc(Br)cc2)c1. The molecular formula is C22H16BrCl2N3. The van der Waals surface area contributed by atoms with Gasteiger partial charge in [0.05, 0.1) is 10.7 Å². The van der Waals surface area contributed by atoms with Crippen molar-refractivity contribution >= 4 is 44.8 Å². The third kappa shape index (κ3) is 4.09. The molecule has 28 heavy (non-hydrogen) atoms. The maximum absolute atomic E-state index is 6.42. The molecule has 0 unspecified atom stereocenters. The Morgan fingerprint density at radius 3 is 2.46 bits per heavy atom. The summed E-state index contributed by atoms with van der Waals surface area (Å²) in [7, 11) is 0. The highest BCUT2D eigenvalue weighted by Gasteiger charge is 2.14. The molecular weight excluding hydrogens is 457 g/mol. The highest BCUT2D eigenvalue weighted by Crippen LogP contribution is 2.31. The summed E-state index contributed by atoms with van der Waals surface area (Å²) in [5.41, 5.74) is 10.4. The molecule has 3 aromatic carbocycles. The van der Waals surface area contributed by atoms with Crippen LogP contribution in [0.2, 0.25) is 10.0 Å². The lowest BCUT2D eigenvalue weighted by Crippen LogP contribution is -2.02. The lowest BCUT2D eigenvalue weighted by molar-refractivity contribution is 0.914. The molecule has 4 rings (SSSR count). The van der Waals surface area contributed by atoms with E-state index in [-0.39, 0.29) is 0 Å². The fourth-order valence-corrected chi connectivity index (χ4v) is 3.82. The minimum absolute atomic E-state index is 0.569. The summed E-state index contributed by atoms with van der Waals surface area (Å²) in [6, 6.07) is 21.4. The number of hydrogen-bond acceptors (Lipinski definition) is 2. The molecule has 0 aliphatic rings. The summed E-state index contributed by atoms with van der Waals surface area (Å²) in [6.07, 6.45) is 2.66. The Morgan fingerprint density at radius 2 is 1.75 bits per heavy atom. The van der Waals surface area contributed by atoms with Gasteiger partial charge in [0.2, 0.25) is 0 Å². The standard InChI is InChI=1S/C22H16BrCl2N3/c23-15-6-4-14(5-7-15)10-22-27-21(19-9-8-16(24)11-20(19)25)13-28(22)18-3-1-2-17(26)12-18/h1-9,11-13H,10,26H2. The van der Waals surface area contributed by atoms with E-state index < -0.39 is 0 Å². The van der Waals surface area contributed by atoms with Crippen LogP contribution in [0.5, 0.6) is 0 Å². The molecule has 1 aromatic heterocycles. The maximum atomic E-state index is 6.42. The summed E-state index contributed by atoms with van der Waals surface area (Å²) in [4.78, 5) is 4.88. The number of hydrogen-bond donors (Lipinski definition) is 1. The normalized spacial score (nSPS) is 11.0. The van der Waals surface area contributed by atoms with Crippen molar-refractivity contribution in [3.63, 3.8) is 0 Å². The number of aromatic nitrogens is 2. The Kier molecular flexibility index (Phi) is 5.44. The second kappa shape index (κ2) is 8.00. The number of nitrogens with two attached hydrogens (primary N) is 1. The number of halogens is 3. The number of nitrogen functional groups attached to an aromatic ring is 1. The number of nitrogens with zero attached hydrogens (tertiary/aromatic N) is 2. The van der Waals surface area contributed by atoms with E-state index in [2.05, 4.69) is 32.6 Å². The molecule has 6 heteroatoms. The van der Waals surface area contributed by atoms with E-state index in [4.69, 9.17) is 33.9 Å². The first-order valence-corrected chi connectivity index (χ1v) is 10.2. The van der Waals surface area contributed by atoms with Crippen molar-refractivity contribution < 1.29 is 0 Å². The van der Waals surface area contributed by atoms with Gasteiger partial charge in [0.15, 0.2) is 0 Å². The molecule has 0 aliphatic heterocycles. The molecule has 3 nitrogen and oxygen atoms in total. The van der Waals surface area contributed by atoms with Crippen LogP contribution in [-0.4, -0.2) is 9.55 Å². The molecule has 0 spiro atoms. The maximum Gasteiger partial charge on any atom is 0.118 e. The van der Waals surface area contributed by atoms with Gasteiger partial charge < -0.3 is 10.3 Å². The van der Waals surface area contributed by atoms with Crippen molar-refractivity contribution in [1.29, 1.82) is 0 Å². The van der Waals surface area contributed by atoms with Crippen molar-refractivity contribution in [2.75, 3.05) is 5.73 Å². The molecule has 0 fully saturated rings. The van der Waals surface area contributed by atoms with Crippen molar-refractivity contribution in [3.05, 3.63) is 98.8 Å². The molecule has 0 atom stereocenters. The minimum Gasteiger partial charge on any atom is -0.399 e. The minimum atomic E-state index is 0.569. The first-order chi connectivity index (χ1) is 13.5. The molecule has 0 saturated heterocycles. The van der Waals surface area contributed by atoms with Gasteiger partial charge in [-0.25, -0.2) is 4.98 Å². The van der Waals surface area contributed by atoms with Crippen molar-refractivity contribution in [2.45, 2.75) is 6.42 Å². The number of rotatable bonds is 4. The molecule has 0 bridgehead atoms. The zero-order valence-corrected chi connectivity index (χ0v) is 17.8. The van der Waals surface area contributed by atoms with E-state index in [0.29, 0.717) is 22.2 Å². The predicted octanol–water partition coefficient (Wildman–Crippen LogP) is 6.78. The first kappa shape index (κ1) is 19.1. The Bertz CT molecular complexity index is 1140. The number of imidazole rings is 1. The zero-order valence-electron chi connectivity index (χ0n) is 14.7. The molecule has 140 valence electrons. The van der Waals surface area contributed by atoms with Crippen molar-refractivity contribution in [1.82, 2.24) is 9.55 Å².